The molecule has 2 aromatic rings. The van der Waals surface area contributed by atoms with Crippen LogP contribution >= 0.6 is 23.2 Å². The van der Waals surface area contributed by atoms with Crippen LogP contribution in [0.2, 0.25) is 10.0 Å². The van der Waals surface area contributed by atoms with Gasteiger partial charge in [0.25, 0.3) is 0 Å². The predicted octanol–water partition coefficient (Wildman–Crippen LogP) is 4.47. The van der Waals surface area contributed by atoms with Gasteiger partial charge in [0.2, 0.25) is 0 Å². The molecule has 16 heavy (non-hydrogen) atoms. The fraction of sp³-hybridized carbons (Fsp3) is 0. The van der Waals surface area contributed by atoms with Crippen LogP contribution in [-0.4, -0.2) is 6.29 Å². The highest BCUT2D eigenvalue weighted by Gasteiger charge is 2.04. The number of carbonyl (C=O) groups is 1. The fourth-order valence-corrected chi connectivity index (χ4v) is 1.83. The third-order valence-corrected chi connectivity index (χ3v) is 2.78. The van der Waals surface area contributed by atoms with Crippen LogP contribution in [0.5, 0.6) is 0 Å². The largest absolute Gasteiger partial charge is 0.298 e. The summed E-state index contributed by atoms with van der Waals surface area (Å²) >= 11 is 11.6. The summed E-state index contributed by atoms with van der Waals surface area (Å²) in [5.41, 5.74) is 2.38. The number of benzene rings is 2. The number of carbonyl (C=O) groups excluding carboxylic acids is 1. The number of aldehydes is 1. The molecule has 0 radical (unpaired) electrons. The van der Waals surface area contributed by atoms with Crippen LogP contribution in [0.15, 0.2) is 42.5 Å². The van der Waals surface area contributed by atoms with Gasteiger partial charge in [0.05, 0.1) is 0 Å². The molecular formula is C13H8Cl2O. The third kappa shape index (κ3) is 2.26. The Morgan fingerprint density at radius 3 is 2.12 bits per heavy atom. The highest BCUT2D eigenvalue weighted by atomic mass is 35.5. The molecule has 0 bridgehead atoms. The van der Waals surface area contributed by atoms with Crippen molar-refractivity contribution in [2.75, 3.05) is 0 Å². The van der Waals surface area contributed by atoms with Crippen LogP contribution in [-0.2, 0) is 0 Å². The lowest BCUT2D eigenvalue weighted by Gasteiger charge is -2.05. The standard InChI is InChI=1S/C13H8Cl2O/c14-11-3-1-9(2-4-11)13-6-5-12(15)7-10(13)8-16/h1-8H. The molecule has 80 valence electrons. The highest BCUT2D eigenvalue weighted by Crippen LogP contribution is 2.26. The van der Waals surface area contributed by atoms with E-state index in [1.54, 1.807) is 24.3 Å². The molecule has 0 aliphatic heterocycles. The van der Waals surface area contributed by atoms with Gasteiger partial charge in [-0.15, -0.1) is 0 Å². The van der Waals surface area contributed by atoms with E-state index in [0.717, 1.165) is 17.4 Å². The summed E-state index contributed by atoms with van der Waals surface area (Å²) in [6, 6.07) is 12.6. The Kier molecular flexibility index (Phi) is 3.28. The molecule has 0 unspecified atom stereocenters. The molecule has 2 aromatic carbocycles. The van der Waals surface area contributed by atoms with E-state index < -0.39 is 0 Å². The smallest absolute Gasteiger partial charge is 0.150 e. The Balaban J connectivity index is 2.55. The van der Waals surface area contributed by atoms with E-state index in [9.17, 15) is 4.79 Å². The molecule has 0 saturated heterocycles. The summed E-state index contributed by atoms with van der Waals surface area (Å²) in [6.45, 7) is 0. The van der Waals surface area contributed by atoms with Crippen molar-refractivity contribution >= 4 is 29.5 Å². The maximum Gasteiger partial charge on any atom is 0.150 e. The molecule has 0 spiro atoms. The molecule has 0 saturated carbocycles. The van der Waals surface area contributed by atoms with Gasteiger partial charge in [-0.2, -0.15) is 0 Å². The van der Waals surface area contributed by atoms with Gasteiger partial charge in [0, 0.05) is 15.6 Å². The van der Waals surface area contributed by atoms with Crippen LogP contribution in [0.1, 0.15) is 10.4 Å². The van der Waals surface area contributed by atoms with Gasteiger partial charge < -0.3 is 0 Å². The lowest BCUT2D eigenvalue weighted by atomic mass is 10.0. The molecule has 2 rings (SSSR count). The normalized spacial score (nSPS) is 10.1. The lowest BCUT2D eigenvalue weighted by Crippen LogP contribution is -1.87. The van der Waals surface area contributed by atoms with Crippen molar-refractivity contribution in [3.8, 4) is 11.1 Å². The van der Waals surface area contributed by atoms with Crippen LogP contribution in [0.3, 0.4) is 0 Å². The van der Waals surface area contributed by atoms with E-state index in [-0.39, 0.29) is 0 Å². The zero-order valence-electron chi connectivity index (χ0n) is 8.28. The van der Waals surface area contributed by atoms with Crippen molar-refractivity contribution in [3.05, 3.63) is 58.1 Å². The molecule has 0 heterocycles. The second-order valence-corrected chi connectivity index (χ2v) is 4.23. The minimum absolute atomic E-state index is 0.555. The highest BCUT2D eigenvalue weighted by molar-refractivity contribution is 6.31. The van der Waals surface area contributed by atoms with Crippen molar-refractivity contribution in [3.63, 3.8) is 0 Å². The van der Waals surface area contributed by atoms with Gasteiger partial charge >= 0.3 is 0 Å². The van der Waals surface area contributed by atoms with Gasteiger partial charge in [0.1, 0.15) is 0 Å². The van der Waals surface area contributed by atoms with E-state index >= 15 is 0 Å². The molecule has 0 aromatic heterocycles. The first kappa shape index (κ1) is 11.2. The van der Waals surface area contributed by atoms with Crippen LogP contribution < -0.4 is 0 Å². The minimum Gasteiger partial charge on any atom is -0.298 e. The van der Waals surface area contributed by atoms with Crippen LogP contribution in [0, 0.1) is 0 Å². The maximum absolute atomic E-state index is 10.9. The molecule has 0 amide bonds. The summed E-state index contributed by atoms with van der Waals surface area (Å²) < 4.78 is 0. The lowest BCUT2D eigenvalue weighted by molar-refractivity contribution is 0.112. The van der Waals surface area contributed by atoms with E-state index in [2.05, 4.69) is 0 Å². The summed E-state index contributed by atoms with van der Waals surface area (Å²) in [4.78, 5) is 10.9. The molecule has 0 aliphatic carbocycles. The quantitative estimate of drug-likeness (QED) is 0.719. The maximum atomic E-state index is 10.9. The van der Waals surface area contributed by atoms with E-state index in [0.29, 0.717) is 15.6 Å². The predicted molar refractivity (Wildman–Crippen MR) is 67.3 cm³/mol. The average Bonchev–Trinajstić information content (AvgIpc) is 2.30. The topological polar surface area (TPSA) is 17.1 Å². The zero-order valence-corrected chi connectivity index (χ0v) is 9.79. The second-order valence-electron chi connectivity index (χ2n) is 3.36. The summed E-state index contributed by atoms with van der Waals surface area (Å²) in [7, 11) is 0. The average molecular weight is 251 g/mol. The van der Waals surface area contributed by atoms with Crippen molar-refractivity contribution in [2.24, 2.45) is 0 Å². The number of halogens is 2. The third-order valence-electron chi connectivity index (χ3n) is 2.30. The van der Waals surface area contributed by atoms with Crippen LogP contribution in [0.4, 0.5) is 0 Å². The summed E-state index contributed by atoms with van der Waals surface area (Å²) in [6.07, 6.45) is 0.801. The Labute approximate surface area is 104 Å². The summed E-state index contributed by atoms with van der Waals surface area (Å²) in [5.74, 6) is 0. The molecule has 0 aliphatic rings. The van der Waals surface area contributed by atoms with Crippen molar-refractivity contribution in [2.45, 2.75) is 0 Å². The van der Waals surface area contributed by atoms with Crippen molar-refractivity contribution in [1.82, 2.24) is 0 Å². The van der Waals surface area contributed by atoms with Gasteiger partial charge in [0.15, 0.2) is 6.29 Å². The first-order valence-corrected chi connectivity index (χ1v) is 5.47. The Morgan fingerprint density at radius 2 is 1.50 bits per heavy atom. The summed E-state index contributed by atoms with van der Waals surface area (Å²) in [5, 5.41) is 1.23. The van der Waals surface area contributed by atoms with Gasteiger partial charge in [-0.25, -0.2) is 0 Å². The van der Waals surface area contributed by atoms with Gasteiger partial charge in [-0.3, -0.25) is 4.79 Å². The van der Waals surface area contributed by atoms with E-state index in [4.69, 9.17) is 23.2 Å². The first-order chi connectivity index (χ1) is 7.70. The SMILES string of the molecule is O=Cc1cc(Cl)ccc1-c1ccc(Cl)cc1. The Hall–Kier alpha value is -1.31. The second kappa shape index (κ2) is 4.69. The first-order valence-electron chi connectivity index (χ1n) is 4.71. The number of hydrogen-bond donors (Lipinski definition) is 0. The fourth-order valence-electron chi connectivity index (χ4n) is 1.52. The molecular weight excluding hydrogens is 243 g/mol. The number of hydrogen-bond acceptors (Lipinski definition) is 1. The molecule has 1 nitrogen and oxygen atoms in total. The van der Waals surface area contributed by atoms with Crippen LogP contribution in [0.25, 0.3) is 11.1 Å². The van der Waals surface area contributed by atoms with Gasteiger partial charge in [-0.05, 0) is 35.4 Å². The minimum atomic E-state index is 0.555. The monoisotopic (exact) mass is 250 g/mol. The Bertz CT molecular complexity index is 518. The van der Waals surface area contributed by atoms with E-state index in [1.807, 2.05) is 18.2 Å². The zero-order chi connectivity index (χ0) is 11.5. The molecule has 0 fully saturated rings. The molecule has 0 atom stereocenters. The van der Waals surface area contributed by atoms with Crippen molar-refractivity contribution < 1.29 is 4.79 Å². The Morgan fingerprint density at radius 1 is 0.875 bits per heavy atom. The van der Waals surface area contributed by atoms with Gasteiger partial charge in [-0.1, -0.05) is 41.4 Å². The van der Waals surface area contributed by atoms with E-state index in [1.165, 1.54) is 0 Å². The molecule has 3 heteroatoms. The van der Waals surface area contributed by atoms with Crippen molar-refractivity contribution in [1.29, 1.82) is 0 Å². The molecule has 0 N–H and O–H groups in total. The number of rotatable bonds is 2.